The number of ether oxygens (including phenoxy) is 1. The summed E-state index contributed by atoms with van der Waals surface area (Å²) in [5.41, 5.74) is 5.82. The lowest BCUT2D eigenvalue weighted by Crippen LogP contribution is -2.13. The Bertz CT molecular complexity index is 682. The van der Waals surface area contributed by atoms with E-state index < -0.39 is 23.4 Å². The second kappa shape index (κ2) is 5.74. The molecule has 0 saturated heterocycles. The van der Waals surface area contributed by atoms with Crippen LogP contribution in [0.1, 0.15) is 10.4 Å². The standard InChI is InChI=1S/C14H11F3N2O2/c1-21-10-3-7(2-8(18)4-10)14(20)19-9-5-11(15)13(17)12(16)6-9/h2-6H,18H2,1H3,(H,19,20). The molecule has 110 valence electrons. The monoisotopic (exact) mass is 296 g/mol. The molecule has 0 aromatic heterocycles. The van der Waals surface area contributed by atoms with E-state index in [4.69, 9.17) is 10.5 Å². The molecule has 0 aliphatic rings. The topological polar surface area (TPSA) is 64.3 Å². The molecule has 0 heterocycles. The minimum atomic E-state index is -1.60. The molecule has 0 saturated carbocycles. The zero-order valence-electron chi connectivity index (χ0n) is 10.9. The van der Waals surface area contributed by atoms with Gasteiger partial charge in [0.05, 0.1) is 7.11 Å². The van der Waals surface area contributed by atoms with Crippen molar-refractivity contribution in [2.75, 3.05) is 18.2 Å². The zero-order chi connectivity index (χ0) is 15.6. The molecule has 0 radical (unpaired) electrons. The van der Waals surface area contributed by atoms with Gasteiger partial charge in [0.15, 0.2) is 17.5 Å². The van der Waals surface area contributed by atoms with Crippen LogP contribution in [0.4, 0.5) is 24.5 Å². The Morgan fingerprint density at radius 1 is 1.10 bits per heavy atom. The third kappa shape index (κ3) is 3.25. The van der Waals surface area contributed by atoms with Gasteiger partial charge in [-0.3, -0.25) is 4.79 Å². The smallest absolute Gasteiger partial charge is 0.255 e. The molecule has 0 spiro atoms. The molecule has 0 aliphatic heterocycles. The minimum Gasteiger partial charge on any atom is -0.497 e. The molecule has 3 N–H and O–H groups in total. The van der Waals surface area contributed by atoms with E-state index in [1.165, 1.54) is 25.3 Å². The third-order valence-electron chi connectivity index (χ3n) is 2.67. The first-order valence-corrected chi connectivity index (χ1v) is 5.81. The fraction of sp³-hybridized carbons (Fsp3) is 0.0714. The summed E-state index contributed by atoms with van der Waals surface area (Å²) in [6.45, 7) is 0. The Hall–Kier alpha value is -2.70. The molecule has 7 heteroatoms. The van der Waals surface area contributed by atoms with Crippen LogP contribution in [0, 0.1) is 17.5 Å². The molecular formula is C14H11F3N2O2. The maximum Gasteiger partial charge on any atom is 0.255 e. The van der Waals surface area contributed by atoms with E-state index in [1.807, 2.05) is 0 Å². The van der Waals surface area contributed by atoms with Crippen LogP contribution in [0.15, 0.2) is 30.3 Å². The molecule has 4 nitrogen and oxygen atoms in total. The number of methoxy groups -OCH3 is 1. The quantitative estimate of drug-likeness (QED) is 0.676. The summed E-state index contributed by atoms with van der Waals surface area (Å²) in [5, 5.41) is 2.25. The Kier molecular flexibility index (Phi) is 4.02. The van der Waals surface area contributed by atoms with Gasteiger partial charge in [-0.15, -0.1) is 0 Å². The molecule has 0 fully saturated rings. The van der Waals surface area contributed by atoms with Crippen LogP contribution < -0.4 is 15.8 Å². The van der Waals surface area contributed by atoms with Crippen molar-refractivity contribution in [3.63, 3.8) is 0 Å². The first kappa shape index (κ1) is 14.7. The van der Waals surface area contributed by atoms with Gasteiger partial charge in [-0.1, -0.05) is 0 Å². The van der Waals surface area contributed by atoms with Crippen LogP contribution in [0.3, 0.4) is 0 Å². The van der Waals surface area contributed by atoms with Crippen molar-refractivity contribution >= 4 is 17.3 Å². The van der Waals surface area contributed by atoms with Gasteiger partial charge in [-0.2, -0.15) is 0 Å². The lowest BCUT2D eigenvalue weighted by Gasteiger charge is -2.08. The van der Waals surface area contributed by atoms with Gasteiger partial charge in [0.2, 0.25) is 0 Å². The molecule has 2 aromatic carbocycles. The van der Waals surface area contributed by atoms with Crippen molar-refractivity contribution in [3.05, 3.63) is 53.3 Å². The average Bonchev–Trinajstić information content (AvgIpc) is 2.43. The zero-order valence-corrected chi connectivity index (χ0v) is 10.9. The predicted molar refractivity (Wildman–Crippen MR) is 71.7 cm³/mol. The van der Waals surface area contributed by atoms with Crippen molar-refractivity contribution in [1.82, 2.24) is 0 Å². The average molecular weight is 296 g/mol. The van der Waals surface area contributed by atoms with Crippen LogP contribution >= 0.6 is 0 Å². The fourth-order valence-corrected chi connectivity index (χ4v) is 1.70. The van der Waals surface area contributed by atoms with Gasteiger partial charge < -0.3 is 15.8 Å². The highest BCUT2D eigenvalue weighted by atomic mass is 19.2. The lowest BCUT2D eigenvalue weighted by molar-refractivity contribution is 0.102. The van der Waals surface area contributed by atoms with Crippen LogP contribution in [-0.2, 0) is 0 Å². The summed E-state index contributed by atoms with van der Waals surface area (Å²) < 4.78 is 43.9. The normalized spacial score (nSPS) is 10.3. The molecule has 0 bridgehead atoms. The van der Waals surface area contributed by atoms with E-state index in [9.17, 15) is 18.0 Å². The van der Waals surface area contributed by atoms with Gasteiger partial charge in [0, 0.05) is 35.1 Å². The van der Waals surface area contributed by atoms with Crippen molar-refractivity contribution in [1.29, 1.82) is 0 Å². The molecular weight excluding hydrogens is 285 g/mol. The first-order chi connectivity index (χ1) is 9.90. The number of carbonyl (C=O) groups excluding carboxylic acids is 1. The van der Waals surface area contributed by atoms with Crippen LogP contribution in [-0.4, -0.2) is 13.0 Å². The van der Waals surface area contributed by atoms with Crippen LogP contribution in [0.2, 0.25) is 0 Å². The Labute approximate surface area is 118 Å². The van der Waals surface area contributed by atoms with Crippen LogP contribution in [0.5, 0.6) is 5.75 Å². The molecule has 0 aliphatic carbocycles. The number of benzene rings is 2. The van der Waals surface area contributed by atoms with Crippen molar-refractivity contribution in [2.24, 2.45) is 0 Å². The molecule has 0 unspecified atom stereocenters. The molecule has 2 rings (SSSR count). The summed E-state index contributed by atoms with van der Waals surface area (Å²) >= 11 is 0. The summed E-state index contributed by atoms with van der Waals surface area (Å²) in [6.07, 6.45) is 0. The summed E-state index contributed by atoms with van der Waals surface area (Å²) in [6, 6.07) is 5.64. The van der Waals surface area contributed by atoms with E-state index >= 15 is 0 Å². The van der Waals surface area contributed by atoms with Gasteiger partial charge >= 0.3 is 0 Å². The van der Waals surface area contributed by atoms with E-state index in [1.54, 1.807) is 0 Å². The maximum absolute atomic E-state index is 13.1. The number of hydrogen-bond acceptors (Lipinski definition) is 3. The minimum absolute atomic E-state index is 0.136. The number of amides is 1. The lowest BCUT2D eigenvalue weighted by atomic mass is 10.1. The highest BCUT2D eigenvalue weighted by Gasteiger charge is 2.14. The predicted octanol–water partition coefficient (Wildman–Crippen LogP) is 2.95. The van der Waals surface area contributed by atoms with E-state index in [2.05, 4.69) is 5.32 Å². The number of rotatable bonds is 3. The second-order valence-electron chi connectivity index (χ2n) is 4.20. The number of hydrogen-bond donors (Lipinski definition) is 2. The number of nitrogen functional groups attached to an aromatic ring is 1. The fourth-order valence-electron chi connectivity index (χ4n) is 1.70. The van der Waals surface area contributed by atoms with E-state index in [0.29, 0.717) is 17.9 Å². The Morgan fingerprint density at radius 3 is 2.29 bits per heavy atom. The highest BCUT2D eigenvalue weighted by molar-refractivity contribution is 6.05. The molecule has 21 heavy (non-hydrogen) atoms. The van der Waals surface area contributed by atoms with Crippen molar-refractivity contribution in [3.8, 4) is 5.75 Å². The second-order valence-corrected chi connectivity index (χ2v) is 4.20. The van der Waals surface area contributed by atoms with Gasteiger partial charge in [-0.25, -0.2) is 13.2 Å². The third-order valence-corrected chi connectivity index (χ3v) is 2.67. The number of anilines is 2. The highest BCUT2D eigenvalue weighted by Crippen LogP contribution is 2.21. The number of carbonyl (C=O) groups is 1. The molecule has 2 aromatic rings. The van der Waals surface area contributed by atoms with Crippen molar-refractivity contribution in [2.45, 2.75) is 0 Å². The maximum atomic E-state index is 13.1. The Balaban J connectivity index is 2.28. The number of halogens is 3. The number of nitrogens with one attached hydrogen (secondary N) is 1. The first-order valence-electron chi connectivity index (χ1n) is 5.81. The summed E-state index contributed by atoms with van der Waals surface area (Å²) in [4.78, 5) is 12.0. The van der Waals surface area contributed by atoms with Gasteiger partial charge in [0.1, 0.15) is 5.75 Å². The summed E-state index contributed by atoms with van der Waals surface area (Å²) in [7, 11) is 1.40. The SMILES string of the molecule is COc1cc(N)cc(C(=O)Nc2cc(F)c(F)c(F)c2)c1. The summed E-state index contributed by atoms with van der Waals surface area (Å²) in [5.74, 6) is -4.69. The van der Waals surface area contributed by atoms with Crippen LogP contribution in [0.25, 0.3) is 0 Å². The van der Waals surface area contributed by atoms with Crippen molar-refractivity contribution < 1.29 is 22.7 Å². The largest absolute Gasteiger partial charge is 0.497 e. The van der Waals surface area contributed by atoms with Gasteiger partial charge in [0.25, 0.3) is 5.91 Å². The molecule has 1 amide bonds. The van der Waals surface area contributed by atoms with E-state index in [0.717, 1.165) is 0 Å². The van der Waals surface area contributed by atoms with E-state index in [-0.39, 0.29) is 16.9 Å². The number of nitrogens with two attached hydrogens (primary N) is 1. The van der Waals surface area contributed by atoms with Gasteiger partial charge in [-0.05, 0) is 12.1 Å². The molecule has 0 atom stereocenters. The Morgan fingerprint density at radius 2 is 1.71 bits per heavy atom.